The van der Waals surface area contributed by atoms with Crippen molar-refractivity contribution in [3.63, 3.8) is 0 Å². The van der Waals surface area contributed by atoms with Gasteiger partial charge in [0.25, 0.3) is 11.7 Å². The lowest BCUT2D eigenvalue weighted by Gasteiger charge is -2.14. The van der Waals surface area contributed by atoms with Crippen molar-refractivity contribution in [3.8, 4) is 0 Å². The van der Waals surface area contributed by atoms with E-state index in [2.05, 4.69) is 4.98 Å². The van der Waals surface area contributed by atoms with Gasteiger partial charge in [-0.2, -0.15) is 0 Å². The molecule has 3 rings (SSSR count). The van der Waals surface area contributed by atoms with E-state index in [-0.39, 0.29) is 12.1 Å². The molecular formula is C12H6ClFN2O2S. The van der Waals surface area contributed by atoms with E-state index in [1.807, 2.05) is 0 Å². The normalized spacial score (nSPS) is 14.1. The van der Waals surface area contributed by atoms with E-state index in [1.54, 1.807) is 6.20 Å². The van der Waals surface area contributed by atoms with E-state index in [1.165, 1.54) is 28.4 Å². The van der Waals surface area contributed by atoms with Crippen LogP contribution in [-0.4, -0.2) is 16.7 Å². The van der Waals surface area contributed by atoms with Crippen LogP contribution in [0.15, 0.2) is 24.4 Å². The van der Waals surface area contributed by atoms with Crippen molar-refractivity contribution in [1.82, 2.24) is 4.98 Å². The molecule has 0 bridgehead atoms. The van der Waals surface area contributed by atoms with Crippen molar-refractivity contribution in [1.29, 1.82) is 0 Å². The number of benzene rings is 1. The molecule has 7 heteroatoms. The summed E-state index contributed by atoms with van der Waals surface area (Å²) in [6.45, 7) is 0.202. The summed E-state index contributed by atoms with van der Waals surface area (Å²) in [5.41, 5.74) is 0.515. The van der Waals surface area contributed by atoms with E-state index in [4.69, 9.17) is 11.6 Å². The zero-order valence-electron chi connectivity index (χ0n) is 9.39. The van der Waals surface area contributed by atoms with Gasteiger partial charge in [-0.25, -0.2) is 9.37 Å². The first-order valence-electron chi connectivity index (χ1n) is 5.32. The number of Topliss-reactive ketones (excluding diaryl/α,β-unsaturated/α-hetero) is 1. The number of thiazole rings is 1. The predicted octanol–water partition coefficient (Wildman–Crippen LogP) is 2.67. The fourth-order valence-corrected chi connectivity index (χ4v) is 2.91. The van der Waals surface area contributed by atoms with Crippen LogP contribution in [0.4, 0.5) is 10.1 Å². The van der Waals surface area contributed by atoms with E-state index in [0.29, 0.717) is 10.2 Å². The molecule has 0 spiro atoms. The highest BCUT2D eigenvalue weighted by Gasteiger charge is 2.36. The average Bonchev–Trinajstić information content (AvgIpc) is 2.88. The molecule has 1 aromatic heterocycles. The van der Waals surface area contributed by atoms with Gasteiger partial charge in [-0.1, -0.05) is 11.6 Å². The summed E-state index contributed by atoms with van der Waals surface area (Å²) in [7, 11) is 0. The molecule has 0 unspecified atom stereocenters. The van der Waals surface area contributed by atoms with Gasteiger partial charge < -0.3 is 0 Å². The Morgan fingerprint density at radius 1 is 1.37 bits per heavy atom. The number of hydrogen-bond acceptors (Lipinski definition) is 4. The Labute approximate surface area is 116 Å². The molecule has 19 heavy (non-hydrogen) atoms. The molecule has 0 N–H and O–H groups in total. The highest BCUT2D eigenvalue weighted by atomic mass is 35.5. The third-order valence-corrected chi connectivity index (χ3v) is 3.87. The number of amides is 1. The van der Waals surface area contributed by atoms with Crippen LogP contribution in [0.3, 0.4) is 0 Å². The lowest BCUT2D eigenvalue weighted by atomic mass is 10.1. The van der Waals surface area contributed by atoms with E-state index >= 15 is 0 Å². The Hall–Kier alpha value is -1.79. The van der Waals surface area contributed by atoms with Crippen LogP contribution in [0, 0.1) is 5.82 Å². The monoisotopic (exact) mass is 296 g/mol. The summed E-state index contributed by atoms with van der Waals surface area (Å²) in [6.07, 6.45) is 1.55. The molecule has 4 nitrogen and oxygen atoms in total. The van der Waals surface area contributed by atoms with Gasteiger partial charge in [-0.3, -0.25) is 14.5 Å². The molecule has 2 aromatic rings. The van der Waals surface area contributed by atoms with Crippen LogP contribution in [0.5, 0.6) is 0 Å². The number of fused-ring (bicyclic) bond motifs is 1. The zero-order valence-corrected chi connectivity index (χ0v) is 11.0. The van der Waals surface area contributed by atoms with Crippen LogP contribution in [0.2, 0.25) is 4.47 Å². The van der Waals surface area contributed by atoms with Crippen molar-refractivity contribution in [3.05, 3.63) is 45.1 Å². The number of carbonyl (C=O) groups excluding carboxylic acids is 2. The number of anilines is 1. The zero-order chi connectivity index (χ0) is 13.6. The summed E-state index contributed by atoms with van der Waals surface area (Å²) in [5.74, 6) is -1.89. The first-order chi connectivity index (χ1) is 9.06. The van der Waals surface area contributed by atoms with E-state index < -0.39 is 17.5 Å². The van der Waals surface area contributed by atoms with Gasteiger partial charge >= 0.3 is 0 Å². The number of carbonyl (C=O) groups is 2. The summed E-state index contributed by atoms with van der Waals surface area (Å²) in [5, 5.41) is 0. The number of aromatic nitrogens is 1. The first kappa shape index (κ1) is 12.3. The summed E-state index contributed by atoms with van der Waals surface area (Å²) >= 11 is 6.95. The van der Waals surface area contributed by atoms with Crippen molar-refractivity contribution in [2.45, 2.75) is 6.54 Å². The number of hydrogen-bond donors (Lipinski definition) is 0. The Morgan fingerprint density at radius 3 is 2.84 bits per heavy atom. The Morgan fingerprint density at radius 2 is 2.16 bits per heavy atom. The fourth-order valence-electron chi connectivity index (χ4n) is 1.94. The third-order valence-electron chi connectivity index (χ3n) is 2.77. The second-order valence-electron chi connectivity index (χ2n) is 3.96. The van der Waals surface area contributed by atoms with Gasteiger partial charge in [0.15, 0.2) is 4.47 Å². The standard InChI is InChI=1S/C12H6ClFN2O2S/c13-12-15-4-7(19-12)5-16-9-2-1-6(14)3-8(9)10(17)11(16)18/h1-4H,5H2. The van der Waals surface area contributed by atoms with Crippen LogP contribution in [-0.2, 0) is 11.3 Å². The van der Waals surface area contributed by atoms with Crippen LogP contribution < -0.4 is 4.90 Å². The molecule has 0 aliphatic carbocycles. The van der Waals surface area contributed by atoms with Gasteiger partial charge in [-0.15, -0.1) is 11.3 Å². The number of ketones is 1. The van der Waals surface area contributed by atoms with Crippen molar-refractivity contribution >= 4 is 40.3 Å². The maximum Gasteiger partial charge on any atom is 0.299 e. The number of nitrogens with zero attached hydrogens (tertiary/aromatic N) is 2. The summed E-state index contributed by atoms with van der Waals surface area (Å²) < 4.78 is 13.5. The number of rotatable bonds is 2. The highest BCUT2D eigenvalue weighted by Crippen LogP contribution is 2.32. The Kier molecular flexibility index (Phi) is 2.83. The molecular weight excluding hydrogens is 291 g/mol. The molecule has 0 radical (unpaired) electrons. The molecule has 0 fully saturated rings. The van der Waals surface area contributed by atoms with Crippen molar-refractivity contribution in [2.24, 2.45) is 0 Å². The van der Waals surface area contributed by atoms with Gasteiger partial charge in [0, 0.05) is 11.1 Å². The van der Waals surface area contributed by atoms with Crippen LogP contribution >= 0.6 is 22.9 Å². The largest absolute Gasteiger partial charge is 0.299 e. The minimum atomic E-state index is -0.690. The molecule has 1 amide bonds. The van der Waals surface area contributed by atoms with Gasteiger partial charge in [-0.05, 0) is 18.2 Å². The van der Waals surface area contributed by atoms with E-state index in [9.17, 15) is 14.0 Å². The third kappa shape index (κ3) is 2.02. The minimum absolute atomic E-state index is 0.0978. The average molecular weight is 297 g/mol. The first-order valence-corrected chi connectivity index (χ1v) is 6.51. The van der Waals surface area contributed by atoms with Crippen molar-refractivity contribution in [2.75, 3.05) is 4.90 Å². The van der Waals surface area contributed by atoms with E-state index in [0.717, 1.165) is 10.9 Å². The van der Waals surface area contributed by atoms with Gasteiger partial charge in [0.05, 0.1) is 17.8 Å². The summed E-state index contributed by atoms with van der Waals surface area (Å²) in [6, 6.07) is 3.72. The molecule has 2 heterocycles. The lowest BCUT2D eigenvalue weighted by Crippen LogP contribution is -2.28. The maximum atomic E-state index is 13.1. The molecule has 96 valence electrons. The summed E-state index contributed by atoms with van der Waals surface area (Å²) in [4.78, 5) is 29.6. The topological polar surface area (TPSA) is 50.3 Å². The van der Waals surface area contributed by atoms with Crippen LogP contribution in [0.1, 0.15) is 15.2 Å². The van der Waals surface area contributed by atoms with Crippen molar-refractivity contribution < 1.29 is 14.0 Å². The highest BCUT2D eigenvalue weighted by molar-refractivity contribution is 7.15. The molecule has 0 saturated carbocycles. The predicted molar refractivity (Wildman–Crippen MR) is 69.0 cm³/mol. The smallest absolute Gasteiger partial charge is 0.299 e. The fraction of sp³-hybridized carbons (Fsp3) is 0.0833. The number of halogens is 2. The minimum Gasteiger partial charge on any atom is -0.299 e. The Balaban J connectivity index is 1.99. The lowest BCUT2D eigenvalue weighted by molar-refractivity contribution is -0.114. The van der Waals surface area contributed by atoms with Gasteiger partial charge in [0.1, 0.15) is 5.82 Å². The molecule has 1 aliphatic rings. The van der Waals surface area contributed by atoms with Crippen LogP contribution in [0.25, 0.3) is 0 Å². The molecule has 1 aromatic carbocycles. The van der Waals surface area contributed by atoms with Gasteiger partial charge in [0.2, 0.25) is 0 Å². The molecule has 0 atom stereocenters. The second-order valence-corrected chi connectivity index (χ2v) is 5.66. The SMILES string of the molecule is O=C1C(=O)N(Cc2cnc(Cl)s2)c2ccc(F)cc21. The molecule has 1 aliphatic heterocycles. The Bertz CT molecular complexity index is 701. The molecule has 0 saturated heterocycles. The second kappa shape index (κ2) is 4.40. The quantitative estimate of drug-likeness (QED) is 0.801. The maximum absolute atomic E-state index is 13.1.